The second-order valence-electron chi connectivity index (χ2n) is 5.06. The van der Waals surface area contributed by atoms with Crippen LogP contribution in [0.2, 0.25) is 0 Å². The van der Waals surface area contributed by atoms with E-state index in [2.05, 4.69) is 30.5 Å². The van der Waals surface area contributed by atoms with E-state index in [1.807, 2.05) is 23.6 Å². The predicted octanol–water partition coefficient (Wildman–Crippen LogP) is 4.57. The fourth-order valence-electron chi connectivity index (χ4n) is 2.14. The smallest absolute Gasteiger partial charge is 0.244 e. The first-order valence-electron chi connectivity index (χ1n) is 7.11. The van der Waals surface area contributed by atoms with E-state index < -0.39 is 0 Å². The summed E-state index contributed by atoms with van der Waals surface area (Å²) in [5.74, 6) is -0.0148. The molecule has 0 radical (unpaired) electrons. The number of rotatable bonds is 6. The fraction of sp³-hybridized carbons (Fsp3) is 0.353. The highest BCUT2D eigenvalue weighted by molar-refractivity contribution is 7.10. The molecule has 1 aromatic rings. The van der Waals surface area contributed by atoms with Gasteiger partial charge in [-0.2, -0.15) is 0 Å². The van der Waals surface area contributed by atoms with Crippen LogP contribution in [0.15, 0.2) is 47.4 Å². The first-order chi connectivity index (χ1) is 9.74. The van der Waals surface area contributed by atoms with Crippen LogP contribution in [0.3, 0.4) is 0 Å². The van der Waals surface area contributed by atoms with Crippen LogP contribution in [0.1, 0.15) is 38.9 Å². The van der Waals surface area contributed by atoms with Crippen molar-refractivity contribution in [1.29, 1.82) is 0 Å². The average molecular weight is 289 g/mol. The summed E-state index contributed by atoms with van der Waals surface area (Å²) in [6.07, 6.45) is 14.5. The van der Waals surface area contributed by atoms with Gasteiger partial charge in [-0.05, 0) is 50.1 Å². The molecular formula is C17H23NOS. The molecule has 108 valence electrons. The Balaban J connectivity index is 0.00000220. The molecule has 0 aromatic carbocycles. The lowest BCUT2D eigenvalue weighted by Crippen LogP contribution is -2.31. The molecule has 0 bridgehead atoms. The number of thiophene rings is 1. The second-order valence-corrected chi connectivity index (χ2v) is 6.04. The average Bonchev–Trinajstić information content (AvgIpc) is 2.97. The molecular weight excluding hydrogens is 266 g/mol. The lowest BCUT2D eigenvalue weighted by molar-refractivity contribution is -0.117. The standard InChI is InChI=1S/C17H21NOS.H2/c1-14(9-10-15-6-3-2-4-7-15)18-17(19)12-11-16-8-5-13-20-16;/h3,5-8,11-14H,2,4,9-10H2,1H3,(H,18,19);1H/b12-11+;. The topological polar surface area (TPSA) is 29.1 Å². The Bertz CT molecular complexity index is 517. The van der Waals surface area contributed by atoms with Crippen LogP contribution in [-0.4, -0.2) is 11.9 Å². The Morgan fingerprint density at radius 2 is 2.45 bits per heavy atom. The molecule has 0 saturated carbocycles. The maximum Gasteiger partial charge on any atom is 0.244 e. The van der Waals surface area contributed by atoms with Crippen molar-refractivity contribution in [2.75, 3.05) is 0 Å². The molecule has 1 amide bonds. The van der Waals surface area contributed by atoms with Crippen LogP contribution < -0.4 is 5.32 Å². The van der Waals surface area contributed by atoms with Crippen LogP contribution in [-0.2, 0) is 4.79 Å². The largest absolute Gasteiger partial charge is 0.350 e. The zero-order valence-electron chi connectivity index (χ0n) is 11.8. The Morgan fingerprint density at radius 1 is 1.55 bits per heavy atom. The molecule has 0 fully saturated rings. The highest BCUT2D eigenvalue weighted by Gasteiger charge is 2.06. The Morgan fingerprint density at radius 3 is 3.15 bits per heavy atom. The molecule has 1 aromatic heterocycles. The van der Waals surface area contributed by atoms with Crippen molar-refractivity contribution in [2.24, 2.45) is 0 Å². The number of hydrogen-bond donors (Lipinski definition) is 1. The Labute approximate surface area is 126 Å². The normalized spacial score (nSPS) is 16.1. The van der Waals surface area contributed by atoms with E-state index in [0.29, 0.717) is 0 Å². The van der Waals surface area contributed by atoms with Gasteiger partial charge < -0.3 is 5.32 Å². The lowest BCUT2D eigenvalue weighted by atomic mass is 10.0. The third-order valence-electron chi connectivity index (χ3n) is 3.27. The fourth-order valence-corrected chi connectivity index (χ4v) is 2.76. The van der Waals surface area contributed by atoms with Crippen molar-refractivity contribution in [3.63, 3.8) is 0 Å². The van der Waals surface area contributed by atoms with Gasteiger partial charge >= 0.3 is 0 Å². The Hall–Kier alpha value is -1.61. The van der Waals surface area contributed by atoms with Gasteiger partial charge in [0.25, 0.3) is 0 Å². The van der Waals surface area contributed by atoms with E-state index >= 15 is 0 Å². The second kappa shape index (κ2) is 7.85. The minimum atomic E-state index is -0.0148. The maximum absolute atomic E-state index is 11.8. The number of hydrogen-bond acceptors (Lipinski definition) is 2. The summed E-state index contributed by atoms with van der Waals surface area (Å²) in [7, 11) is 0. The molecule has 0 spiro atoms. The first-order valence-corrected chi connectivity index (χ1v) is 7.99. The van der Waals surface area contributed by atoms with Gasteiger partial charge in [0.05, 0.1) is 0 Å². The molecule has 2 nitrogen and oxygen atoms in total. The van der Waals surface area contributed by atoms with Gasteiger partial charge in [0.1, 0.15) is 0 Å². The molecule has 1 aliphatic carbocycles. The van der Waals surface area contributed by atoms with Gasteiger partial charge in [-0.15, -0.1) is 11.3 Å². The van der Waals surface area contributed by atoms with Crippen molar-refractivity contribution in [2.45, 2.75) is 38.6 Å². The van der Waals surface area contributed by atoms with Crippen molar-refractivity contribution in [3.05, 3.63) is 52.3 Å². The third kappa shape index (κ3) is 5.17. The summed E-state index contributed by atoms with van der Waals surface area (Å²) in [5.41, 5.74) is 1.39. The third-order valence-corrected chi connectivity index (χ3v) is 4.11. The highest BCUT2D eigenvalue weighted by atomic mass is 32.1. The van der Waals surface area contributed by atoms with E-state index in [0.717, 1.165) is 30.6 Å². The van der Waals surface area contributed by atoms with Crippen LogP contribution in [0, 0.1) is 0 Å². The van der Waals surface area contributed by atoms with Gasteiger partial charge in [-0.25, -0.2) is 0 Å². The molecule has 1 N–H and O–H groups in total. The van der Waals surface area contributed by atoms with Gasteiger partial charge in [0.15, 0.2) is 0 Å². The molecule has 1 unspecified atom stereocenters. The van der Waals surface area contributed by atoms with Crippen LogP contribution in [0.4, 0.5) is 0 Å². The molecule has 3 heteroatoms. The zero-order valence-corrected chi connectivity index (χ0v) is 12.7. The number of carbonyl (C=O) groups excluding carboxylic acids is 1. The summed E-state index contributed by atoms with van der Waals surface area (Å²) in [4.78, 5) is 12.9. The molecule has 1 atom stereocenters. The number of amides is 1. The predicted molar refractivity (Wildman–Crippen MR) is 88.8 cm³/mol. The van der Waals surface area contributed by atoms with Crippen molar-refractivity contribution in [1.82, 2.24) is 5.32 Å². The van der Waals surface area contributed by atoms with Gasteiger partial charge in [-0.3, -0.25) is 4.79 Å². The van der Waals surface area contributed by atoms with E-state index in [4.69, 9.17) is 0 Å². The maximum atomic E-state index is 11.8. The quantitative estimate of drug-likeness (QED) is 0.764. The van der Waals surface area contributed by atoms with Crippen molar-refractivity contribution >= 4 is 23.3 Å². The minimum Gasteiger partial charge on any atom is -0.350 e. The van der Waals surface area contributed by atoms with Crippen molar-refractivity contribution < 1.29 is 6.22 Å². The van der Waals surface area contributed by atoms with Crippen LogP contribution in [0.25, 0.3) is 6.08 Å². The van der Waals surface area contributed by atoms with E-state index in [1.165, 1.54) is 5.57 Å². The molecule has 1 heterocycles. The molecule has 0 aliphatic heterocycles. The summed E-state index contributed by atoms with van der Waals surface area (Å²) in [5, 5.41) is 5.02. The van der Waals surface area contributed by atoms with Crippen LogP contribution in [0.5, 0.6) is 0 Å². The highest BCUT2D eigenvalue weighted by Crippen LogP contribution is 2.15. The van der Waals surface area contributed by atoms with Gasteiger partial charge in [0.2, 0.25) is 5.91 Å². The molecule has 20 heavy (non-hydrogen) atoms. The van der Waals surface area contributed by atoms with Gasteiger partial charge in [0, 0.05) is 18.4 Å². The number of nitrogens with one attached hydrogen (secondary N) is 1. The summed E-state index contributed by atoms with van der Waals surface area (Å²) in [6.45, 7) is 2.06. The summed E-state index contributed by atoms with van der Waals surface area (Å²) < 4.78 is 0. The molecule has 2 rings (SSSR count). The number of allylic oxidation sites excluding steroid dienone is 4. The van der Waals surface area contributed by atoms with Crippen LogP contribution >= 0.6 is 11.3 Å². The zero-order chi connectivity index (χ0) is 14.2. The first kappa shape index (κ1) is 14.8. The lowest BCUT2D eigenvalue weighted by Gasteiger charge is -2.13. The molecule has 1 aliphatic rings. The van der Waals surface area contributed by atoms with E-state index in [1.54, 1.807) is 17.4 Å². The number of carbonyl (C=O) groups is 1. The minimum absolute atomic E-state index is 0. The Kier molecular flexibility index (Phi) is 5.81. The van der Waals surface area contributed by atoms with E-state index in [-0.39, 0.29) is 13.4 Å². The van der Waals surface area contributed by atoms with Crippen molar-refractivity contribution in [3.8, 4) is 0 Å². The van der Waals surface area contributed by atoms with E-state index in [9.17, 15) is 4.79 Å². The monoisotopic (exact) mass is 289 g/mol. The summed E-state index contributed by atoms with van der Waals surface area (Å²) >= 11 is 1.63. The van der Waals surface area contributed by atoms with Gasteiger partial charge in [-0.1, -0.05) is 29.9 Å². The molecule has 0 saturated heterocycles. The summed E-state index contributed by atoms with van der Waals surface area (Å²) in [6, 6.07) is 4.18. The SMILES string of the molecule is CC(CCC1=CCCC=C1)NC(=O)/C=C/c1cccs1.[HH].